The van der Waals surface area contributed by atoms with E-state index in [1.165, 1.54) is 0 Å². The zero-order chi connectivity index (χ0) is 66.0. The van der Waals surface area contributed by atoms with Crippen LogP contribution in [-0.4, -0.2) is 49.8 Å². The van der Waals surface area contributed by atoms with E-state index in [1.54, 1.807) is 0 Å². The van der Waals surface area contributed by atoms with Gasteiger partial charge >= 0.3 is 0 Å². The predicted molar refractivity (Wildman–Crippen MR) is 409 cm³/mol. The van der Waals surface area contributed by atoms with Gasteiger partial charge in [0, 0.05) is 112 Å². The van der Waals surface area contributed by atoms with Crippen LogP contribution in [0.2, 0.25) is 0 Å². The second-order valence-corrected chi connectivity index (χ2v) is 25.2. The molecule has 0 fully saturated rings. The van der Waals surface area contributed by atoms with Crippen LogP contribution in [0.1, 0.15) is 0 Å². The van der Waals surface area contributed by atoms with Crippen molar-refractivity contribution in [2.75, 3.05) is 0 Å². The molecule has 10 aromatic carbocycles. The molecule has 10 heterocycles. The molecule has 0 aliphatic heterocycles. The van der Waals surface area contributed by atoms with Crippen molar-refractivity contribution in [2.24, 2.45) is 0 Å². The van der Waals surface area contributed by atoms with Gasteiger partial charge in [0.05, 0.1) is 89.3 Å². The Morgan fingerprint density at radius 2 is 0.420 bits per heavy atom. The van der Waals surface area contributed by atoms with E-state index >= 15 is 0 Å². The van der Waals surface area contributed by atoms with Crippen LogP contribution in [-0.2, 0) is 0 Å². The Morgan fingerprint density at radius 3 is 0.820 bits per heavy atom. The number of hydrogen-bond acceptors (Lipinski definition) is 10. The normalized spacial score (nSPS) is 11.6. The number of benzene rings is 10. The maximum absolute atomic E-state index is 5.07. The summed E-state index contributed by atoms with van der Waals surface area (Å²) in [7, 11) is 0. The van der Waals surface area contributed by atoms with Crippen LogP contribution in [0.5, 0.6) is 0 Å². The van der Waals surface area contributed by atoms with Crippen LogP contribution in [0.3, 0.4) is 0 Å². The summed E-state index contributed by atoms with van der Waals surface area (Å²) in [6.45, 7) is 0. The average Bonchev–Trinajstić information content (AvgIpc) is 0.801. The van der Waals surface area contributed by atoms with E-state index in [0.29, 0.717) is 0 Å². The highest BCUT2D eigenvalue weighted by atomic mass is 14.8. The third kappa shape index (κ3) is 10.7. The van der Waals surface area contributed by atoms with Crippen LogP contribution < -0.4 is 0 Å². The lowest BCUT2D eigenvalue weighted by Gasteiger charge is -2.10. The van der Waals surface area contributed by atoms with Crippen molar-refractivity contribution in [3.05, 3.63) is 328 Å². The first-order valence-electron chi connectivity index (χ1n) is 33.3. The van der Waals surface area contributed by atoms with E-state index in [-0.39, 0.29) is 0 Å². The van der Waals surface area contributed by atoms with Crippen LogP contribution >= 0.6 is 0 Å². The molecular weight excluding hydrogens is 1220 g/mol. The molecule has 10 nitrogen and oxygen atoms in total. The molecule has 0 spiro atoms. The van der Waals surface area contributed by atoms with Gasteiger partial charge in [0.15, 0.2) is 0 Å². The standard InChI is InChI=1S/2C45H27N5/c1-6-33(27-34(7-1)41-18-13-30-12-11-29-9-4-24-47-44(29)45(30)50-41)38-21-16-35-25-31(14-19-39(35)48-38)32-15-20-40-36(26-32)17-22-42(49-40)37-10-2-5-28-8-3-23-46-43(28)37;1-4-30-5-2-24-46-43(30)37(7-1)42-23-18-36-27-34(16-21-41(36)49-42)33-15-20-40-35(26-33)17-22-38(48-40)28-8-10-29(11-9-28)39-19-14-32-13-12-31-6-3-25-47-44(31)45(32)50-39/h2*1-27H. The summed E-state index contributed by atoms with van der Waals surface area (Å²) in [6.07, 6.45) is 7.32. The molecule has 0 atom stereocenters. The Hall–Kier alpha value is -13.7. The molecule has 0 aliphatic rings. The SMILES string of the molecule is c1cc(-c2ccc3cc(-c4ccc5nc(-c6cccc7cccnc67)ccc5c4)ccc3n2)cc(-c2ccc3ccc4cccnc4c3n2)c1.c1cnc2c(-c3ccc4cc(-c5ccc6nc(-c7ccc(-c8ccc9ccc%10cccnc%10c9n8)cc7)ccc6c5)ccc4n3)cccc2c1. The fourth-order valence-corrected chi connectivity index (χ4v) is 13.9. The number of para-hydroxylation sites is 2. The van der Waals surface area contributed by atoms with Gasteiger partial charge in [-0.25, -0.2) is 29.9 Å². The van der Waals surface area contributed by atoms with E-state index < -0.39 is 0 Å². The van der Waals surface area contributed by atoms with Crippen molar-refractivity contribution in [2.45, 2.75) is 0 Å². The minimum Gasteiger partial charge on any atom is -0.256 e. The van der Waals surface area contributed by atoms with Gasteiger partial charge in [0.2, 0.25) is 0 Å². The first-order valence-corrected chi connectivity index (χ1v) is 33.3. The second kappa shape index (κ2) is 24.2. The van der Waals surface area contributed by atoms with Gasteiger partial charge in [0.1, 0.15) is 0 Å². The highest BCUT2D eigenvalue weighted by Crippen LogP contribution is 2.37. The molecule has 0 radical (unpaired) electrons. The number of pyridine rings is 10. The van der Waals surface area contributed by atoms with E-state index in [4.69, 9.17) is 29.9 Å². The van der Waals surface area contributed by atoms with Gasteiger partial charge in [-0.1, -0.05) is 188 Å². The zero-order valence-corrected chi connectivity index (χ0v) is 53.6. The predicted octanol–water partition coefficient (Wildman–Crippen LogP) is 22.2. The van der Waals surface area contributed by atoms with Crippen molar-refractivity contribution < 1.29 is 0 Å². The van der Waals surface area contributed by atoms with Gasteiger partial charge in [-0.05, 0) is 138 Å². The third-order valence-electron chi connectivity index (χ3n) is 19.0. The molecule has 10 aromatic heterocycles. The Labute approximate surface area is 573 Å². The molecule has 0 amide bonds. The fraction of sp³-hybridized carbons (Fsp3) is 0. The molecule has 100 heavy (non-hydrogen) atoms. The molecule has 0 unspecified atom stereocenters. The maximum atomic E-state index is 5.07. The minimum absolute atomic E-state index is 0.912. The lowest BCUT2D eigenvalue weighted by molar-refractivity contribution is 1.36. The first-order chi connectivity index (χ1) is 49.5. The number of hydrogen-bond donors (Lipinski definition) is 0. The fourth-order valence-electron chi connectivity index (χ4n) is 13.9. The number of fused-ring (bicyclic) bond motifs is 12. The molecular formula is C90H54N10. The van der Waals surface area contributed by atoms with Crippen LogP contribution in [0.4, 0.5) is 0 Å². The summed E-state index contributed by atoms with van der Waals surface area (Å²) in [6, 6.07) is 105. The highest BCUT2D eigenvalue weighted by molar-refractivity contribution is 6.05. The van der Waals surface area contributed by atoms with Crippen LogP contribution in [0, 0.1) is 0 Å². The number of aromatic nitrogens is 10. The Morgan fingerprint density at radius 1 is 0.150 bits per heavy atom. The van der Waals surface area contributed by atoms with Crippen molar-refractivity contribution in [3.63, 3.8) is 0 Å². The summed E-state index contributed by atoms with van der Waals surface area (Å²) in [5.41, 5.74) is 25.8. The molecule has 0 bridgehead atoms. The number of rotatable bonds is 8. The van der Waals surface area contributed by atoms with Crippen molar-refractivity contribution in [3.8, 4) is 89.8 Å². The molecule has 10 heteroatoms. The molecule has 20 rings (SSSR count). The first kappa shape index (κ1) is 57.7. The second-order valence-electron chi connectivity index (χ2n) is 25.2. The molecule has 0 aliphatic carbocycles. The van der Waals surface area contributed by atoms with Crippen molar-refractivity contribution in [1.29, 1.82) is 0 Å². The van der Waals surface area contributed by atoms with E-state index in [1.807, 2.05) is 49.1 Å². The monoisotopic (exact) mass is 1270 g/mol. The van der Waals surface area contributed by atoms with Gasteiger partial charge < -0.3 is 0 Å². The van der Waals surface area contributed by atoms with Crippen molar-refractivity contribution >= 4 is 109 Å². The van der Waals surface area contributed by atoms with Gasteiger partial charge in [-0.15, -0.1) is 0 Å². The summed E-state index contributed by atoms with van der Waals surface area (Å²) >= 11 is 0. The Kier molecular flexibility index (Phi) is 14.0. The maximum Gasteiger partial charge on any atom is 0.0972 e. The van der Waals surface area contributed by atoms with Crippen molar-refractivity contribution in [1.82, 2.24) is 49.8 Å². The lowest BCUT2D eigenvalue weighted by Crippen LogP contribution is -1.90. The van der Waals surface area contributed by atoms with Gasteiger partial charge in [0.25, 0.3) is 0 Å². The summed E-state index contributed by atoms with van der Waals surface area (Å²) in [5.74, 6) is 0. The molecule has 20 aromatic rings. The van der Waals surface area contributed by atoms with Crippen LogP contribution in [0.25, 0.3) is 199 Å². The summed E-state index contributed by atoms with van der Waals surface area (Å²) in [5, 5.41) is 10.9. The largest absolute Gasteiger partial charge is 0.256 e. The molecule has 0 saturated carbocycles. The summed E-state index contributed by atoms with van der Waals surface area (Å²) < 4.78 is 0. The molecule has 0 N–H and O–H groups in total. The van der Waals surface area contributed by atoms with Gasteiger partial charge in [-0.3, -0.25) is 19.9 Å². The molecule has 464 valence electrons. The topological polar surface area (TPSA) is 129 Å². The third-order valence-corrected chi connectivity index (χ3v) is 19.0. The lowest BCUT2D eigenvalue weighted by atomic mass is 9.99. The van der Waals surface area contributed by atoms with Crippen LogP contribution in [0.15, 0.2) is 328 Å². The quantitative estimate of drug-likeness (QED) is 0.136. The zero-order valence-electron chi connectivity index (χ0n) is 53.6. The Balaban J connectivity index is 0.000000139. The minimum atomic E-state index is 0.912. The van der Waals surface area contributed by atoms with E-state index in [0.717, 1.165) is 199 Å². The van der Waals surface area contributed by atoms with E-state index in [2.05, 4.69) is 299 Å². The summed E-state index contributed by atoms with van der Waals surface area (Å²) in [4.78, 5) is 48.7. The van der Waals surface area contributed by atoms with Gasteiger partial charge in [-0.2, -0.15) is 0 Å². The molecule has 0 saturated heterocycles. The number of nitrogens with zero attached hydrogens (tertiary/aromatic N) is 10. The average molecular weight is 1280 g/mol. The Bertz CT molecular complexity index is 6680. The highest BCUT2D eigenvalue weighted by Gasteiger charge is 2.15. The smallest absolute Gasteiger partial charge is 0.0972 e. The van der Waals surface area contributed by atoms with E-state index in [9.17, 15) is 0 Å².